The van der Waals surface area contributed by atoms with Crippen molar-refractivity contribution in [3.8, 4) is 0 Å². The maximum absolute atomic E-state index is 4.77. The van der Waals surface area contributed by atoms with Crippen molar-refractivity contribution in [1.29, 1.82) is 0 Å². The fraction of sp³-hybridized carbons (Fsp3) is 1.00. The van der Waals surface area contributed by atoms with Gasteiger partial charge in [0.1, 0.15) is 0 Å². The van der Waals surface area contributed by atoms with Crippen LogP contribution in [0.25, 0.3) is 0 Å². The highest BCUT2D eigenvalue weighted by molar-refractivity contribution is 8.82. The van der Waals surface area contributed by atoms with Crippen LogP contribution in [0.2, 0.25) is 0 Å². The van der Waals surface area contributed by atoms with E-state index in [-0.39, 0.29) is 8.49 Å². The predicted molar refractivity (Wildman–Crippen MR) is 34.2 cm³/mol. The smallest absolute Gasteiger partial charge is 0.00389 e. The Bertz CT molecular complexity index is 40.2. The molecule has 0 nitrogen and oxygen atoms in total. The summed E-state index contributed by atoms with van der Waals surface area (Å²) in [5.74, 6) is 0. The fourth-order valence-corrected chi connectivity index (χ4v) is 0. The van der Waals surface area contributed by atoms with Crippen LogP contribution in [0.3, 0.4) is 0 Å². The highest BCUT2D eigenvalue weighted by atomic mass is 33.3. The molecule has 1 atom stereocenters. The molecule has 1 unspecified atom stereocenters. The highest BCUT2D eigenvalue weighted by Gasteiger charge is 1.68. The van der Waals surface area contributed by atoms with Crippen molar-refractivity contribution in [2.75, 3.05) is 12.5 Å². The van der Waals surface area contributed by atoms with E-state index in [1.54, 1.807) is 10.8 Å². The van der Waals surface area contributed by atoms with Crippen molar-refractivity contribution in [3.63, 3.8) is 0 Å². The lowest BCUT2D eigenvalue weighted by Crippen LogP contribution is -1.64. The van der Waals surface area contributed by atoms with Gasteiger partial charge in [0, 0.05) is 0 Å². The summed E-state index contributed by atoms with van der Waals surface area (Å²) >= 11 is 4.77. The van der Waals surface area contributed by atoms with Crippen molar-refractivity contribution >= 4 is 30.5 Å². The van der Waals surface area contributed by atoms with Crippen LogP contribution < -0.4 is 0 Å². The molecule has 0 fully saturated rings. The Kier molecular flexibility index (Phi) is 3.70. The Morgan fingerprint density at radius 2 is 2.00 bits per heavy atom. The molecule has 3 heteroatoms. The summed E-state index contributed by atoms with van der Waals surface area (Å²) in [7, 11) is 1.90. The predicted octanol–water partition coefficient (Wildman–Crippen LogP) is 0.974. The third-order valence-electron chi connectivity index (χ3n) is 0.235. The summed E-state index contributed by atoms with van der Waals surface area (Å²) in [6.45, 7) is 0. The minimum Gasteiger partial charge on any atom is -0.0936 e. The molecule has 0 radical (unpaired) electrons. The van der Waals surface area contributed by atoms with Gasteiger partial charge in [0.2, 0.25) is 0 Å². The van der Waals surface area contributed by atoms with E-state index in [9.17, 15) is 0 Å². The van der Waals surface area contributed by atoms with Crippen LogP contribution in [0, 0.1) is 0 Å². The normalized spacial score (nSPS) is 14.8. The van der Waals surface area contributed by atoms with Crippen LogP contribution in [-0.2, 0) is 19.7 Å². The van der Waals surface area contributed by atoms with Crippen LogP contribution in [0.5, 0.6) is 0 Å². The largest absolute Gasteiger partial charge is 0.0936 e. The minimum atomic E-state index is 0.177. The molecule has 0 bridgehead atoms. The lowest BCUT2D eigenvalue weighted by atomic mass is 12.0. The van der Waals surface area contributed by atoms with Gasteiger partial charge in [0.05, 0.1) is 0 Å². The topological polar surface area (TPSA) is 0 Å². The van der Waals surface area contributed by atoms with Crippen molar-refractivity contribution in [3.05, 3.63) is 0 Å². The molecule has 0 rings (SSSR count). The van der Waals surface area contributed by atoms with Crippen molar-refractivity contribution in [2.24, 2.45) is 0 Å². The average Bonchev–Trinajstić information content (AvgIpc) is 1.38. The molecule has 0 saturated carbocycles. The van der Waals surface area contributed by atoms with E-state index in [1.807, 2.05) is 12.5 Å². The van der Waals surface area contributed by atoms with E-state index in [1.165, 1.54) is 0 Å². The van der Waals surface area contributed by atoms with Gasteiger partial charge >= 0.3 is 0 Å². The summed E-state index contributed by atoms with van der Waals surface area (Å²) in [4.78, 5) is 0. The number of rotatable bonds is 1. The van der Waals surface area contributed by atoms with Crippen molar-refractivity contribution in [1.82, 2.24) is 0 Å². The van der Waals surface area contributed by atoms with Crippen molar-refractivity contribution in [2.45, 2.75) is 0 Å². The average molecular weight is 126 g/mol. The standard InChI is InChI=1S/C2H6S3/c1-4-5(2)3/h1-2H3. The first-order valence-electron chi connectivity index (χ1n) is 1.15. The molecule has 0 aromatic heterocycles. The second-order valence-corrected chi connectivity index (χ2v) is 6.34. The fourth-order valence-electron chi connectivity index (χ4n) is 0. The van der Waals surface area contributed by atoms with E-state index in [2.05, 4.69) is 0 Å². The summed E-state index contributed by atoms with van der Waals surface area (Å²) in [5.41, 5.74) is 0. The molecule has 32 valence electrons. The van der Waals surface area contributed by atoms with Crippen LogP contribution in [-0.4, -0.2) is 12.5 Å². The minimum absolute atomic E-state index is 0.177. The van der Waals surface area contributed by atoms with Crippen LogP contribution in [0.15, 0.2) is 0 Å². The van der Waals surface area contributed by atoms with Gasteiger partial charge in [-0.2, -0.15) is 0 Å². The Morgan fingerprint density at radius 3 is 2.00 bits per heavy atom. The maximum Gasteiger partial charge on any atom is -0.00389 e. The van der Waals surface area contributed by atoms with Gasteiger partial charge in [0.15, 0.2) is 0 Å². The maximum atomic E-state index is 4.77. The van der Waals surface area contributed by atoms with Crippen molar-refractivity contribution < 1.29 is 0 Å². The quantitative estimate of drug-likeness (QED) is 0.480. The summed E-state index contributed by atoms with van der Waals surface area (Å²) in [6.07, 6.45) is 4.05. The zero-order chi connectivity index (χ0) is 4.28. The molecule has 0 aliphatic heterocycles. The van der Waals surface area contributed by atoms with Crippen LogP contribution in [0.4, 0.5) is 0 Å². The van der Waals surface area contributed by atoms with Gasteiger partial charge in [-0.25, -0.2) is 0 Å². The third kappa shape index (κ3) is 4.92. The number of hydrogen-bond donors (Lipinski definition) is 0. The molecule has 0 aromatic carbocycles. The van der Waals surface area contributed by atoms with Gasteiger partial charge in [-0.1, -0.05) is 19.3 Å². The van der Waals surface area contributed by atoms with E-state index < -0.39 is 0 Å². The molecular formula is C2H6S3. The van der Waals surface area contributed by atoms with Gasteiger partial charge in [0.25, 0.3) is 0 Å². The first-order chi connectivity index (χ1) is 2.27. The molecule has 0 N–H and O–H groups in total. The molecule has 0 heterocycles. The zero-order valence-electron chi connectivity index (χ0n) is 3.22. The molecule has 0 aliphatic rings. The molecule has 0 amide bonds. The van der Waals surface area contributed by atoms with Crippen LogP contribution in [0.1, 0.15) is 0 Å². The van der Waals surface area contributed by atoms with Gasteiger partial charge in [-0.05, 0) is 23.7 Å². The molecule has 5 heavy (non-hydrogen) atoms. The monoisotopic (exact) mass is 126 g/mol. The SMILES string of the molecule is CSS(C)=S. The van der Waals surface area contributed by atoms with E-state index in [0.717, 1.165) is 0 Å². The number of hydrogen-bond acceptors (Lipinski definition) is 2. The van der Waals surface area contributed by atoms with E-state index in [0.29, 0.717) is 0 Å². The lowest BCUT2D eigenvalue weighted by Gasteiger charge is -1.79. The highest BCUT2D eigenvalue weighted by Crippen LogP contribution is 1.94. The molecule has 0 aromatic rings. The van der Waals surface area contributed by atoms with Gasteiger partial charge in [-0.3, -0.25) is 0 Å². The summed E-state index contributed by atoms with van der Waals surface area (Å²) in [6, 6.07) is 0. The van der Waals surface area contributed by atoms with Gasteiger partial charge in [-0.15, -0.1) is 0 Å². The van der Waals surface area contributed by atoms with E-state index in [4.69, 9.17) is 11.2 Å². The molecule has 0 aliphatic carbocycles. The first kappa shape index (κ1) is 5.92. The molecular weight excluding hydrogens is 120 g/mol. The third-order valence-corrected chi connectivity index (χ3v) is 3.34. The zero-order valence-corrected chi connectivity index (χ0v) is 5.67. The van der Waals surface area contributed by atoms with Crippen LogP contribution >= 0.6 is 10.8 Å². The Hall–Kier alpha value is 0.920. The molecule has 0 saturated heterocycles. The summed E-state index contributed by atoms with van der Waals surface area (Å²) < 4.78 is 0. The van der Waals surface area contributed by atoms with E-state index >= 15 is 0 Å². The van der Waals surface area contributed by atoms with Gasteiger partial charge < -0.3 is 0 Å². The second kappa shape index (κ2) is 3.12. The second-order valence-electron chi connectivity index (χ2n) is 0.568. The Balaban J connectivity index is 2.85. The Labute approximate surface area is 43.3 Å². The Morgan fingerprint density at radius 1 is 1.80 bits per heavy atom. The first-order valence-corrected chi connectivity index (χ1v) is 5.45. The molecule has 0 spiro atoms. The summed E-state index contributed by atoms with van der Waals surface area (Å²) in [5, 5.41) is 0. The lowest BCUT2D eigenvalue weighted by molar-refractivity contribution is 2.50.